The van der Waals surface area contributed by atoms with Crippen LogP contribution in [0.15, 0.2) is 36.4 Å². The van der Waals surface area contributed by atoms with E-state index < -0.39 is 0 Å². The van der Waals surface area contributed by atoms with Crippen LogP contribution in [0.5, 0.6) is 0 Å². The molecule has 0 amide bonds. The van der Waals surface area contributed by atoms with Crippen molar-refractivity contribution in [1.82, 2.24) is 10.3 Å². The fourth-order valence-electron chi connectivity index (χ4n) is 2.05. The molecule has 20 heavy (non-hydrogen) atoms. The Balaban J connectivity index is 2.11. The number of nitrogens with one attached hydrogen (secondary N) is 1. The molecule has 0 unspecified atom stereocenters. The maximum Gasteiger partial charge on any atom is 0.123 e. The van der Waals surface area contributed by atoms with Crippen molar-refractivity contribution in [3.63, 3.8) is 0 Å². The molecule has 1 heterocycles. The number of benzene rings is 1. The highest BCUT2D eigenvalue weighted by molar-refractivity contribution is 5.59. The van der Waals surface area contributed by atoms with Crippen molar-refractivity contribution < 1.29 is 4.39 Å². The Morgan fingerprint density at radius 2 is 1.80 bits per heavy atom. The normalized spacial score (nSPS) is 11.1. The fraction of sp³-hybridized carbons (Fsp3) is 0.353. The zero-order chi connectivity index (χ0) is 14.5. The van der Waals surface area contributed by atoms with E-state index in [4.69, 9.17) is 0 Å². The minimum Gasteiger partial charge on any atom is -0.312 e. The third-order valence-electron chi connectivity index (χ3n) is 3.20. The Morgan fingerprint density at radius 1 is 1.10 bits per heavy atom. The number of nitrogens with zero attached hydrogens (tertiary/aromatic N) is 1. The Morgan fingerprint density at radius 3 is 2.40 bits per heavy atom. The molecule has 1 N–H and O–H groups in total. The summed E-state index contributed by atoms with van der Waals surface area (Å²) in [5.41, 5.74) is 4.05. The largest absolute Gasteiger partial charge is 0.312 e. The van der Waals surface area contributed by atoms with Crippen molar-refractivity contribution in [1.29, 1.82) is 0 Å². The highest BCUT2D eigenvalue weighted by Crippen LogP contribution is 2.19. The van der Waals surface area contributed by atoms with Gasteiger partial charge in [-0.2, -0.15) is 0 Å². The first-order chi connectivity index (χ1) is 9.56. The molecule has 0 aliphatic carbocycles. The number of pyridine rings is 1. The monoisotopic (exact) mass is 272 g/mol. The first kappa shape index (κ1) is 14.7. The highest BCUT2D eigenvalue weighted by Gasteiger charge is 2.04. The average Bonchev–Trinajstić information content (AvgIpc) is 2.41. The van der Waals surface area contributed by atoms with E-state index in [0.717, 1.165) is 30.0 Å². The maximum absolute atomic E-state index is 12.9. The quantitative estimate of drug-likeness (QED) is 0.891. The van der Waals surface area contributed by atoms with Crippen molar-refractivity contribution >= 4 is 0 Å². The van der Waals surface area contributed by atoms with E-state index in [1.807, 2.05) is 13.0 Å². The molecule has 0 aliphatic rings. The van der Waals surface area contributed by atoms with E-state index in [0.29, 0.717) is 5.92 Å². The van der Waals surface area contributed by atoms with Crippen molar-refractivity contribution in [2.75, 3.05) is 6.54 Å². The molecule has 0 radical (unpaired) electrons. The van der Waals surface area contributed by atoms with E-state index in [1.165, 1.54) is 17.7 Å². The molecule has 0 aliphatic heterocycles. The van der Waals surface area contributed by atoms with Gasteiger partial charge in [0, 0.05) is 17.8 Å². The number of aryl methyl sites for hydroxylation is 1. The summed E-state index contributed by atoms with van der Waals surface area (Å²) in [5, 5.41) is 3.42. The van der Waals surface area contributed by atoms with Crippen molar-refractivity contribution in [2.24, 2.45) is 5.92 Å². The summed E-state index contributed by atoms with van der Waals surface area (Å²) < 4.78 is 12.9. The summed E-state index contributed by atoms with van der Waals surface area (Å²) in [6.07, 6.45) is 0. The summed E-state index contributed by atoms with van der Waals surface area (Å²) in [4.78, 5) is 4.61. The molecule has 0 bridgehead atoms. The van der Waals surface area contributed by atoms with E-state index in [2.05, 4.69) is 30.2 Å². The molecule has 3 heteroatoms. The molecule has 2 aromatic rings. The fourth-order valence-corrected chi connectivity index (χ4v) is 2.05. The van der Waals surface area contributed by atoms with Crippen LogP contribution in [0.2, 0.25) is 0 Å². The molecular formula is C17H21FN2. The molecule has 0 spiro atoms. The van der Waals surface area contributed by atoms with Crippen LogP contribution in [-0.4, -0.2) is 11.5 Å². The van der Waals surface area contributed by atoms with Gasteiger partial charge in [0.25, 0.3) is 0 Å². The Bertz CT molecular complexity index is 562. The predicted octanol–water partition coefficient (Wildman–Crippen LogP) is 3.94. The Labute approximate surface area is 120 Å². The van der Waals surface area contributed by atoms with Gasteiger partial charge < -0.3 is 5.32 Å². The summed E-state index contributed by atoms with van der Waals surface area (Å²) in [6.45, 7) is 8.23. The molecule has 0 saturated heterocycles. The standard InChI is InChI=1S/C17H21FN2/c1-12(2)10-19-11-15-6-9-17(20-13(15)3)14-4-7-16(18)8-5-14/h4-9,12,19H,10-11H2,1-3H3. The third-order valence-corrected chi connectivity index (χ3v) is 3.20. The number of halogens is 1. The molecular weight excluding hydrogens is 251 g/mol. The van der Waals surface area contributed by atoms with Gasteiger partial charge in [-0.3, -0.25) is 4.98 Å². The van der Waals surface area contributed by atoms with Crippen molar-refractivity contribution in [3.8, 4) is 11.3 Å². The lowest BCUT2D eigenvalue weighted by Gasteiger charge is -2.10. The number of hydrogen-bond acceptors (Lipinski definition) is 2. The van der Waals surface area contributed by atoms with Gasteiger partial charge in [-0.05, 0) is 55.3 Å². The van der Waals surface area contributed by atoms with Gasteiger partial charge in [0.15, 0.2) is 0 Å². The molecule has 0 fully saturated rings. The molecule has 0 saturated carbocycles. The van der Waals surface area contributed by atoms with Crippen LogP contribution in [0.3, 0.4) is 0 Å². The van der Waals surface area contributed by atoms with Crippen LogP contribution in [0.25, 0.3) is 11.3 Å². The molecule has 106 valence electrons. The zero-order valence-corrected chi connectivity index (χ0v) is 12.3. The van der Waals surface area contributed by atoms with E-state index in [-0.39, 0.29) is 5.82 Å². The summed E-state index contributed by atoms with van der Waals surface area (Å²) in [7, 11) is 0. The number of rotatable bonds is 5. The zero-order valence-electron chi connectivity index (χ0n) is 12.3. The van der Waals surface area contributed by atoms with Gasteiger partial charge in [-0.25, -0.2) is 4.39 Å². The van der Waals surface area contributed by atoms with E-state index in [9.17, 15) is 4.39 Å². The molecule has 2 nitrogen and oxygen atoms in total. The Kier molecular flexibility index (Phi) is 4.85. The topological polar surface area (TPSA) is 24.9 Å². The van der Waals surface area contributed by atoms with Crippen LogP contribution in [0, 0.1) is 18.7 Å². The molecule has 1 aromatic heterocycles. The molecule has 0 atom stereocenters. The van der Waals surface area contributed by atoms with Gasteiger partial charge in [0.1, 0.15) is 5.82 Å². The molecule has 2 rings (SSSR count). The maximum atomic E-state index is 12.9. The number of aromatic nitrogens is 1. The van der Waals surface area contributed by atoms with Gasteiger partial charge in [0.2, 0.25) is 0 Å². The minimum atomic E-state index is -0.222. The third kappa shape index (κ3) is 3.87. The second-order valence-corrected chi connectivity index (χ2v) is 5.47. The van der Waals surface area contributed by atoms with Crippen LogP contribution in [0.4, 0.5) is 4.39 Å². The highest BCUT2D eigenvalue weighted by atomic mass is 19.1. The van der Waals surface area contributed by atoms with Crippen LogP contribution < -0.4 is 5.32 Å². The van der Waals surface area contributed by atoms with Crippen LogP contribution >= 0.6 is 0 Å². The van der Waals surface area contributed by atoms with E-state index in [1.54, 1.807) is 12.1 Å². The minimum absolute atomic E-state index is 0.222. The lowest BCUT2D eigenvalue weighted by molar-refractivity contribution is 0.551. The SMILES string of the molecule is Cc1nc(-c2ccc(F)cc2)ccc1CNCC(C)C. The summed E-state index contributed by atoms with van der Waals surface area (Å²) in [5.74, 6) is 0.418. The summed E-state index contributed by atoms with van der Waals surface area (Å²) in [6, 6.07) is 10.5. The lowest BCUT2D eigenvalue weighted by Crippen LogP contribution is -2.19. The van der Waals surface area contributed by atoms with Crippen LogP contribution in [0.1, 0.15) is 25.1 Å². The van der Waals surface area contributed by atoms with Crippen molar-refractivity contribution in [2.45, 2.75) is 27.3 Å². The van der Waals surface area contributed by atoms with Crippen LogP contribution in [-0.2, 0) is 6.54 Å². The number of hydrogen-bond donors (Lipinski definition) is 1. The Hall–Kier alpha value is -1.74. The second kappa shape index (κ2) is 6.62. The average molecular weight is 272 g/mol. The lowest BCUT2D eigenvalue weighted by atomic mass is 10.1. The second-order valence-electron chi connectivity index (χ2n) is 5.47. The van der Waals surface area contributed by atoms with Gasteiger partial charge in [0.05, 0.1) is 5.69 Å². The van der Waals surface area contributed by atoms with Gasteiger partial charge in [-0.1, -0.05) is 19.9 Å². The molecule has 1 aromatic carbocycles. The van der Waals surface area contributed by atoms with E-state index >= 15 is 0 Å². The van der Waals surface area contributed by atoms with Gasteiger partial charge >= 0.3 is 0 Å². The van der Waals surface area contributed by atoms with Crippen molar-refractivity contribution in [3.05, 3.63) is 53.5 Å². The van der Waals surface area contributed by atoms with Gasteiger partial charge in [-0.15, -0.1) is 0 Å². The first-order valence-corrected chi connectivity index (χ1v) is 6.99. The first-order valence-electron chi connectivity index (χ1n) is 6.99. The predicted molar refractivity (Wildman–Crippen MR) is 80.9 cm³/mol. The smallest absolute Gasteiger partial charge is 0.123 e. The summed E-state index contributed by atoms with van der Waals surface area (Å²) >= 11 is 0.